The van der Waals surface area contributed by atoms with Crippen molar-refractivity contribution in [1.29, 1.82) is 0 Å². The summed E-state index contributed by atoms with van der Waals surface area (Å²) >= 11 is 1.40. The monoisotopic (exact) mass is 342 g/mol. The number of anilines is 1. The van der Waals surface area contributed by atoms with E-state index >= 15 is 0 Å². The molecule has 0 bridgehead atoms. The number of carbonyl (C=O) groups excluding carboxylic acids is 1. The highest BCUT2D eigenvalue weighted by atomic mass is 32.2. The molecule has 0 unspecified atom stereocenters. The van der Waals surface area contributed by atoms with Crippen LogP contribution in [0.1, 0.15) is 16.4 Å². The quantitative estimate of drug-likeness (QED) is 0.662. The number of hydrogen-bond donors (Lipinski definition) is 3. The number of benzene rings is 1. The number of aromatic nitrogens is 3. The summed E-state index contributed by atoms with van der Waals surface area (Å²) in [5, 5.41) is 10.1. The van der Waals surface area contributed by atoms with E-state index in [1.165, 1.54) is 11.8 Å². The smallest absolute Gasteiger partial charge is 0.253 e. The maximum atomic E-state index is 12.6. The lowest BCUT2D eigenvalue weighted by atomic mass is 10.1. The van der Waals surface area contributed by atoms with Crippen LogP contribution in [0.15, 0.2) is 35.3 Å². The van der Waals surface area contributed by atoms with E-state index in [1.54, 1.807) is 19.4 Å². The third-order valence-corrected chi connectivity index (χ3v) is 5.23. The van der Waals surface area contributed by atoms with Crippen LogP contribution in [0.4, 0.5) is 5.82 Å². The van der Waals surface area contributed by atoms with E-state index in [9.17, 15) is 9.59 Å². The summed E-state index contributed by atoms with van der Waals surface area (Å²) in [7, 11) is 1.60. The third kappa shape index (κ3) is 2.44. The van der Waals surface area contributed by atoms with Crippen LogP contribution < -0.4 is 15.6 Å². The lowest BCUT2D eigenvalue weighted by molar-refractivity contribution is -0.113. The summed E-state index contributed by atoms with van der Waals surface area (Å²) < 4.78 is 5.25. The van der Waals surface area contributed by atoms with E-state index in [0.717, 1.165) is 22.2 Å². The number of H-pyrrole nitrogens is 2. The van der Waals surface area contributed by atoms with Gasteiger partial charge in [0.05, 0.1) is 24.3 Å². The summed E-state index contributed by atoms with van der Waals surface area (Å²) in [6.45, 7) is 0. The summed E-state index contributed by atoms with van der Waals surface area (Å²) in [6, 6.07) is 7.33. The van der Waals surface area contributed by atoms with Crippen molar-refractivity contribution in [3.8, 4) is 5.75 Å². The van der Waals surface area contributed by atoms with Gasteiger partial charge in [0.2, 0.25) is 5.91 Å². The van der Waals surface area contributed by atoms with E-state index < -0.39 is 0 Å². The molecule has 0 fully saturated rings. The Balaban J connectivity index is 1.88. The molecule has 1 amide bonds. The summed E-state index contributed by atoms with van der Waals surface area (Å²) in [6.07, 6.45) is 1.65. The average Bonchev–Trinajstić information content (AvgIpc) is 2.96. The predicted molar refractivity (Wildman–Crippen MR) is 92.6 cm³/mol. The lowest BCUT2D eigenvalue weighted by Gasteiger charge is -2.14. The molecular weight excluding hydrogens is 328 g/mol. The molecule has 122 valence electrons. The van der Waals surface area contributed by atoms with Gasteiger partial charge >= 0.3 is 0 Å². The maximum Gasteiger partial charge on any atom is 0.253 e. The van der Waals surface area contributed by atoms with Crippen molar-refractivity contribution < 1.29 is 9.53 Å². The van der Waals surface area contributed by atoms with Crippen molar-refractivity contribution in [2.45, 2.75) is 5.25 Å². The molecule has 0 saturated heterocycles. The number of amides is 1. The second-order valence-electron chi connectivity index (χ2n) is 5.45. The number of aromatic amines is 2. The van der Waals surface area contributed by atoms with Crippen LogP contribution in [0, 0.1) is 0 Å². The molecule has 2 aromatic heterocycles. The Morgan fingerprint density at radius 1 is 1.25 bits per heavy atom. The minimum absolute atomic E-state index is 0.119. The number of methoxy groups -OCH3 is 1. The Labute approximate surface area is 140 Å². The van der Waals surface area contributed by atoms with Crippen LogP contribution >= 0.6 is 11.8 Å². The maximum absolute atomic E-state index is 12.6. The number of thioether (sulfide) groups is 1. The molecule has 3 heterocycles. The molecule has 4 rings (SSSR count). The summed E-state index contributed by atoms with van der Waals surface area (Å²) in [5.41, 5.74) is 1.94. The van der Waals surface area contributed by atoms with Gasteiger partial charge in [0, 0.05) is 22.0 Å². The molecule has 24 heavy (non-hydrogen) atoms. The molecule has 1 aromatic carbocycles. The van der Waals surface area contributed by atoms with Crippen molar-refractivity contribution in [2.24, 2.45) is 0 Å². The molecule has 3 aromatic rings. The Kier molecular flexibility index (Phi) is 3.53. The van der Waals surface area contributed by atoms with Crippen molar-refractivity contribution in [2.75, 3.05) is 18.2 Å². The normalized spacial score (nSPS) is 17.2. The van der Waals surface area contributed by atoms with E-state index in [1.807, 2.05) is 18.2 Å². The summed E-state index contributed by atoms with van der Waals surface area (Å²) in [4.78, 5) is 27.3. The second-order valence-corrected chi connectivity index (χ2v) is 6.54. The standard InChI is InChI=1S/C16H14N4O3S/c1-23-9-2-3-12-8(4-9)5-10(16(22)18-12)14-11-6-17-20-15(11)19-13(21)7-24-14/h2-6,14H,7H2,1H3,(H,18,22)(H2,17,19,20,21)/t14-/m1/s1. The lowest BCUT2D eigenvalue weighted by Crippen LogP contribution is -2.15. The molecular formula is C16H14N4O3S. The first kappa shape index (κ1) is 14.8. The number of nitrogens with zero attached hydrogens (tertiary/aromatic N) is 1. The van der Waals surface area contributed by atoms with Crippen molar-refractivity contribution in [1.82, 2.24) is 15.2 Å². The first-order chi connectivity index (χ1) is 11.7. The topological polar surface area (TPSA) is 99.9 Å². The fourth-order valence-corrected chi connectivity index (χ4v) is 3.90. The van der Waals surface area contributed by atoms with E-state index in [0.29, 0.717) is 11.4 Å². The highest BCUT2D eigenvalue weighted by molar-refractivity contribution is 8.00. The van der Waals surface area contributed by atoms with Crippen LogP contribution in [0.3, 0.4) is 0 Å². The van der Waals surface area contributed by atoms with Crippen LogP contribution in [0.5, 0.6) is 5.75 Å². The number of hydrogen-bond acceptors (Lipinski definition) is 5. The zero-order valence-electron chi connectivity index (χ0n) is 12.8. The Morgan fingerprint density at radius 3 is 2.96 bits per heavy atom. The van der Waals surface area contributed by atoms with E-state index in [-0.39, 0.29) is 22.5 Å². The van der Waals surface area contributed by atoms with E-state index in [4.69, 9.17) is 4.74 Å². The number of pyridine rings is 1. The number of carbonyl (C=O) groups is 1. The molecule has 0 spiro atoms. The van der Waals surface area contributed by atoms with Gasteiger partial charge in [-0.3, -0.25) is 14.7 Å². The van der Waals surface area contributed by atoms with Crippen LogP contribution in [-0.2, 0) is 4.79 Å². The van der Waals surface area contributed by atoms with Gasteiger partial charge < -0.3 is 15.0 Å². The van der Waals surface area contributed by atoms with Gasteiger partial charge in [-0.15, -0.1) is 11.8 Å². The van der Waals surface area contributed by atoms with Gasteiger partial charge in [0.25, 0.3) is 5.56 Å². The molecule has 0 radical (unpaired) electrons. The Hall–Kier alpha value is -2.74. The predicted octanol–water partition coefficient (Wildman–Crippen LogP) is 2.03. The number of nitrogens with one attached hydrogen (secondary N) is 3. The van der Waals surface area contributed by atoms with Gasteiger partial charge in [0.1, 0.15) is 11.6 Å². The van der Waals surface area contributed by atoms with E-state index in [2.05, 4.69) is 20.5 Å². The van der Waals surface area contributed by atoms with Crippen LogP contribution in [0.2, 0.25) is 0 Å². The molecule has 3 N–H and O–H groups in total. The highest BCUT2D eigenvalue weighted by Crippen LogP contribution is 2.39. The largest absolute Gasteiger partial charge is 0.497 e. The van der Waals surface area contributed by atoms with Crippen LogP contribution in [0.25, 0.3) is 10.9 Å². The SMILES string of the molecule is COc1ccc2[nH]c(=O)c([C@H]3SCC(=O)Nc4[nH]ncc43)cc2c1. The van der Waals surface area contributed by atoms with Gasteiger partial charge in [-0.1, -0.05) is 0 Å². The first-order valence-corrected chi connectivity index (χ1v) is 8.36. The van der Waals surface area contributed by atoms with Crippen molar-refractivity contribution >= 4 is 34.4 Å². The van der Waals surface area contributed by atoms with Gasteiger partial charge in [-0.05, 0) is 24.3 Å². The molecule has 7 nitrogen and oxygen atoms in total. The minimum Gasteiger partial charge on any atom is -0.497 e. The molecule has 1 aliphatic heterocycles. The molecule has 1 atom stereocenters. The fourth-order valence-electron chi connectivity index (χ4n) is 2.80. The average molecular weight is 342 g/mol. The first-order valence-electron chi connectivity index (χ1n) is 7.31. The molecule has 8 heteroatoms. The number of fused-ring (bicyclic) bond motifs is 2. The highest BCUT2D eigenvalue weighted by Gasteiger charge is 2.27. The zero-order valence-corrected chi connectivity index (χ0v) is 13.6. The van der Waals surface area contributed by atoms with Crippen LogP contribution in [-0.4, -0.2) is 34.0 Å². The Morgan fingerprint density at radius 2 is 2.12 bits per heavy atom. The van der Waals surface area contributed by atoms with Gasteiger partial charge in [0.15, 0.2) is 0 Å². The van der Waals surface area contributed by atoms with Crippen molar-refractivity contribution in [3.63, 3.8) is 0 Å². The fraction of sp³-hybridized carbons (Fsp3) is 0.188. The zero-order chi connectivity index (χ0) is 16.7. The molecule has 0 aliphatic carbocycles. The number of rotatable bonds is 2. The third-order valence-electron chi connectivity index (χ3n) is 3.96. The van der Waals surface area contributed by atoms with Gasteiger partial charge in [-0.25, -0.2) is 0 Å². The second kappa shape index (κ2) is 5.72. The van der Waals surface area contributed by atoms with Gasteiger partial charge in [-0.2, -0.15) is 5.10 Å². The number of ether oxygens (including phenoxy) is 1. The molecule has 0 saturated carbocycles. The summed E-state index contributed by atoms with van der Waals surface area (Å²) in [5.74, 6) is 1.41. The minimum atomic E-state index is -0.281. The molecule has 1 aliphatic rings. The Bertz CT molecular complexity index is 994. The van der Waals surface area contributed by atoms with Crippen molar-refractivity contribution in [3.05, 3.63) is 51.9 Å².